The zero-order valence-electron chi connectivity index (χ0n) is 9.29. The van der Waals surface area contributed by atoms with Crippen molar-refractivity contribution in [2.24, 2.45) is 0 Å². The van der Waals surface area contributed by atoms with E-state index in [0.29, 0.717) is 11.7 Å². The fourth-order valence-corrected chi connectivity index (χ4v) is 1.54. The lowest BCUT2D eigenvalue weighted by atomic mass is 10.2. The topological polar surface area (TPSA) is 57.8 Å². The van der Waals surface area contributed by atoms with Gasteiger partial charge in [-0.1, -0.05) is 12.8 Å². The number of aromatic amines is 1. The summed E-state index contributed by atoms with van der Waals surface area (Å²) in [6.45, 7) is 1.99. The van der Waals surface area contributed by atoms with Gasteiger partial charge < -0.3 is 10.3 Å². The zero-order valence-corrected chi connectivity index (χ0v) is 9.29. The fourth-order valence-electron chi connectivity index (χ4n) is 1.54. The SMILES string of the molecule is C#CC(CC)Nc1cc(=O)[nH]c(C2CC2)n1. The van der Waals surface area contributed by atoms with Gasteiger partial charge in [-0.05, 0) is 19.3 Å². The van der Waals surface area contributed by atoms with Crippen molar-refractivity contribution < 1.29 is 0 Å². The molecule has 0 aliphatic heterocycles. The molecule has 0 saturated heterocycles. The van der Waals surface area contributed by atoms with E-state index >= 15 is 0 Å². The van der Waals surface area contributed by atoms with E-state index in [0.717, 1.165) is 25.1 Å². The molecule has 1 aromatic rings. The molecule has 0 bridgehead atoms. The molecule has 2 rings (SSSR count). The molecule has 2 N–H and O–H groups in total. The van der Waals surface area contributed by atoms with Crippen LogP contribution < -0.4 is 10.9 Å². The predicted molar refractivity (Wildman–Crippen MR) is 63.4 cm³/mol. The van der Waals surface area contributed by atoms with Gasteiger partial charge in [0.25, 0.3) is 5.56 Å². The van der Waals surface area contributed by atoms with E-state index in [2.05, 4.69) is 21.2 Å². The predicted octanol–water partition coefficient (Wildman–Crippen LogP) is 1.47. The van der Waals surface area contributed by atoms with Crippen LogP contribution in [0.15, 0.2) is 10.9 Å². The Bertz CT molecular complexity index is 468. The van der Waals surface area contributed by atoms with Crippen molar-refractivity contribution in [3.63, 3.8) is 0 Å². The molecule has 1 aliphatic carbocycles. The van der Waals surface area contributed by atoms with Crippen LogP contribution in [-0.2, 0) is 0 Å². The number of rotatable bonds is 4. The first-order valence-corrected chi connectivity index (χ1v) is 5.57. The molecule has 1 unspecified atom stereocenters. The van der Waals surface area contributed by atoms with Gasteiger partial charge >= 0.3 is 0 Å². The molecule has 0 radical (unpaired) electrons. The number of terminal acetylenes is 1. The highest BCUT2D eigenvalue weighted by Crippen LogP contribution is 2.37. The van der Waals surface area contributed by atoms with Crippen LogP contribution in [0.4, 0.5) is 5.82 Å². The smallest absolute Gasteiger partial charge is 0.252 e. The van der Waals surface area contributed by atoms with Crippen LogP contribution in [0.1, 0.15) is 37.9 Å². The average Bonchev–Trinajstić information content (AvgIpc) is 3.08. The van der Waals surface area contributed by atoms with Crippen molar-refractivity contribution in [2.45, 2.75) is 38.1 Å². The van der Waals surface area contributed by atoms with Crippen LogP contribution in [0.5, 0.6) is 0 Å². The Morgan fingerprint density at radius 1 is 1.75 bits per heavy atom. The van der Waals surface area contributed by atoms with Crippen molar-refractivity contribution >= 4 is 5.82 Å². The molecule has 1 heterocycles. The highest BCUT2D eigenvalue weighted by atomic mass is 16.1. The second-order valence-electron chi connectivity index (χ2n) is 4.06. The molecule has 4 heteroatoms. The van der Waals surface area contributed by atoms with Crippen molar-refractivity contribution in [3.05, 3.63) is 22.2 Å². The minimum atomic E-state index is -0.119. The van der Waals surface area contributed by atoms with Crippen LogP contribution in [0.2, 0.25) is 0 Å². The normalized spacial score (nSPS) is 16.5. The molecule has 1 saturated carbocycles. The standard InChI is InChI=1S/C12H15N3O/c1-3-9(4-2)13-10-7-11(16)15-12(14-10)8-5-6-8/h1,7-9H,4-6H2,2H3,(H2,13,14,15,16). The van der Waals surface area contributed by atoms with Crippen molar-refractivity contribution in [2.75, 3.05) is 5.32 Å². The van der Waals surface area contributed by atoms with Crippen LogP contribution >= 0.6 is 0 Å². The lowest BCUT2D eigenvalue weighted by Gasteiger charge is -2.11. The largest absolute Gasteiger partial charge is 0.356 e. The summed E-state index contributed by atoms with van der Waals surface area (Å²) >= 11 is 0. The van der Waals surface area contributed by atoms with Crippen LogP contribution in [0, 0.1) is 12.3 Å². The summed E-state index contributed by atoms with van der Waals surface area (Å²) in [5.74, 6) is 4.41. The maximum absolute atomic E-state index is 11.4. The van der Waals surface area contributed by atoms with E-state index in [4.69, 9.17) is 6.42 Å². The highest BCUT2D eigenvalue weighted by Gasteiger charge is 2.26. The van der Waals surface area contributed by atoms with Gasteiger partial charge in [0, 0.05) is 12.0 Å². The number of hydrogen-bond donors (Lipinski definition) is 2. The minimum absolute atomic E-state index is 0.0682. The second-order valence-corrected chi connectivity index (χ2v) is 4.06. The number of nitrogens with one attached hydrogen (secondary N) is 2. The maximum Gasteiger partial charge on any atom is 0.252 e. The summed E-state index contributed by atoms with van der Waals surface area (Å²) in [6, 6.07) is 1.38. The Labute approximate surface area is 94.5 Å². The quantitative estimate of drug-likeness (QED) is 0.751. The van der Waals surface area contributed by atoms with Gasteiger partial charge in [0.05, 0.1) is 6.04 Å². The summed E-state index contributed by atoms with van der Waals surface area (Å²) in [6.07, 6.45) is 8.38. The Morgan fingerprint density at radius 2 is 2.50 bits per heavy atom. The third-order valence-electron chi connectivity index (χ3n) is 2.66. The monoisotopic (exact) mass is 217 g/mol. The number of nitrogens with zero attached hydrogens (tertiary/aromatic N) is 1. The molecule has 0 amide bonds. The molecule has 0 spiro atoms. The van der Waals surface area contributed by atoms with Crippen LogP contribution in [-0.4, -0.2) is 16.0 Å². The lowest BCUT2D eigenvalue weighted by Crippen LogP contribution is -2.20. The van der Waals surface area contributed by atoms with Gasteiger partial charge in [-0.15, -0.1) is 6.42 Å². The summed E-state index contributed by atoms with van der Waals surface area (Å²) in [5, 5.41) is 3.08. The molecule has 1 aliphatic rings. The second kappa shape index (κ2) is 4.40. The van der Waals surface area contributed by atoms with Crippen LogP contribution in [0.25, 0.3) is 0 Å². The molecular formula is C12H15N3O. The van der Waals surface area contributed by atoms with E-state index in [1.54, 1.807) is 0 Å². The van der Waals surface area contributed by atoms with E-state index in [-0.39, 0.29) is 11.6 Å². The highest BCUT2D eigenvalue weighted by molar-refractivity contribution is 5.37. The van der Waals surface area contributed by atoms with E-state index < -0.39 is 0 Å². The Morgan fingerprint density at radius 3 is 3.06 bits per heavy atom. The number of hydrogen-bond acceptors (Lipinski definition) is 3. The van der Waals surface area contributed by atoms with Crippen molar-refractivity contribution in [1.29, 1.82) is 0 Å². The summed E-state index contributed by atoms with van der Waals surface area (Å²) in [4.78, 5) is 18.5. The molecule has 0 aromatic carbocycles. The van der Waals surface area contributed by atoms with E-state index in [9.17, 15) is 4.79 Å². The molecule has 4 nitrogen and oxygen atoms in total. The minimum Gasteiger partial charge on any atom is -0.356 e. The first kappa shape index (κ1) is 10.7. The zero-order chi connectivity index (χ0) is 11.5. The fraction of sp³-hybridized carbons (Fsp3) is 0.500. The van der Waals surface area contributed by atoms with Gasteiger partial charge in [-0.25, -0.2) is 4.98 Å². The lowest BCUT2D eigenvalue weighted by molar-refractivity contribution is 0.835. The molecule has 1 fully saturated rings. The summed E-state index contributed by atoms with van der Waals surface area (Å²) in [7, 11) is 0. The Kier molecular flexibility index (Phi) is 2.95. The molecule has 84 valence electrons. The van der Waals surface area contributed by atoms with Crippen LogP contribution in [0.3, 0.4) is 0 Å². The van der Waals surface area contributed by atoms with Gasteiger partial charge in [0.15, 0.2) is 0 Å². The van der Waals surface area contributed by atoms with Gasteiger partial charge in [0.2, 0.25) is 0 Å². The molecular weight excluding hydrogens is 202 g/mol. The van der Waals surface area contributed by atoms with Gasteiger partial charge in [0.1, 0.15) is 11.6 Å². The summed E-state index contributed by atoms with van der Waals surface area (Å²) < 4.78 is 0. The maximum atomic E-state index is 11.4. The van der Waals surface area contributed by atoms with Crippen molar-refractivity contribution in [1.82, 2.24) is 9.97 Å². The van der Waals surface area contributed by atoms with Gasteiger partial charge in [-0.3, -0.25) is 4.79 Å². The number of aromatic nitrogens is 2. The number of H-pyrrole nitrogens is 1. The van der Waals surface area contributed by atoms with Gasteiger partial charge in [-0.2, -0.15) is 0 Å². The average molecular weight is 217 g/mol. The molecule has 16 heavy (non-hydrogen) atoms. The molecule has 1 aromatic heterocycles. The third kappa shape index (κ3) is 2.43. The first-order chi connectivity index (χ1) is 7.72. The van der Waals surface area contributed by atoms with E-state index in [1.165, 1.54) is 6.07 Å². The number of anilines is 1. The van der Waals surface area contributed by atoms with Crippen molar-refractivity contribution in [3.8, 4) is 12.3 Å². The van der Waals surface area contributed by atoms with E-state index in [1.807, 2.05) is 6.92 Å². The summed E-state index contributed by atoms with van der Waals surface area (Å²) in [5.41, 5.74) is -0.119. The Hall–Kier alpha value is -1.76. The molecule has 1 atom stereocenters. The Balaban J connectivity index is 2.20. The third-order valence-corrected chi connectivity index (χ3v) is 2.66. The first-order valence-electron chi connectivity index (χ1n) is 5.57.